The van der Waals surface area contributed by atoms with Crippen LogP contribution in [0.5, 0.6) is 17.2 Å². The summed E-state index contributed by atoms with van der Waals surface area (Å²) in [5.41, 5.74) is 0. The van der Waals surface area contributed by atoms with Gasteiger partial charge >= 0.3 is 0 Å². The highest BCUT2D eigenvalue weighted by Crippen LogP contribution is 2.34. The fraction of sp³-hybridized carbons (Fsp3) is 0. The Labute approximate surface area is 70.0 Å². The quantitative estimate of drug-likeness (QED) is 0.451. The second-order valence-electron chi connectivity index (χ2n) is 1.94. The summed E-state index contributed by atoms with van der Waals surface area (Å²) < 4.78 is 24.3. The molecule has 66 valence electrons. The van der Waals surface area contributed by atoms with Gasteiger partial charge in [-0.15, -0.1) is 0 Å². The van der Waals surface area contributed by atoms with Crippen molar-refractivity contribution in [3.05, 3.63) is 18.2 Å². The average Bonchev–Trinajstić information content (AvgIpc) is 1.98. The number of aromatic hydroxyl groups is 2. The summed E-state index contributed by atoms with van der Waals surface area (Å²) >= 11 is 0. The minimum Gasteiger partial charge on any atom is -0.504 e. The van der Waals surface area contributed by atoms with Crippen LogP contribution in [0.15, 0.2) is 18.2 Å². The van der Waals surface area contributed by atoms with Crippen LogP contribution >= 0.6 is 0 Å². The molecule has 0 atom stereocenters. The van der Waals surface area contributed by atoms with Crippen LogP contribution in [0.2, 0.25) is 0 Å². The predicted molar refractivity (Wildman–Crippen MR) is 40.7 cm³/mol. The van der Waals surface area contributed by atoms with Crippen molar-refractivity contribution in [3.8, 4) is 17.2 Å². The monoisotopic (exact) mass is 190 g/mol. The number of phenolic OH excluding ortho intramolecular Hbond substituents is 2. The van der Waals surface area contributed by atoms with E-state index in [1.807, 2.05) is 0 Å². The van der Waals surface area contributed by atoms with E-state index < -0.39 is 22.5 Å². The van der Waals surface area contributed by atoms with Crippen molar-refractivity contribution in [3.63, 3.8) is 0 Å². The van der Waals surface area contributed by atoms with Gasteiger partial charge < -0.3 is 14.4 Å². The number of thiol groups is 1. The number of hydrogen-bond acceptors (Lipinski definition) is 5. The van der Waals surface area contributed by atoms with Crippen LogP contribution in [0.1, 0.15) is 0 Å². The van der Waals surface area contributed by atoms with E-state index >= 15 is 0 Å². The van der Waals surface area contributed by atoms with Crippen LogP contribution in [0.25, 0.3) is 0 Å². The van der Waals surface area contributed by atoms with Gasteiger partial charge in [-0.3, -0.25) is 0 Å². The van der Waals surface area contributed by atoms with Crippen molar-refractivity contribution in [2.24, 2.45) is 0 Å². The molecule has 0 aliphatic carbocycles. The Morgan fingerprint density at radius 1 is 1.25 bits per heavy atom. The molecule has 0 saturated carbocycles. The highest BCUT2D eigenvalue weighted by Gasteiger charge is 2.06. The molecule has 6 heteroatoms. The molecule has 0 radical (unpaired) electrons. The summed E-state index contributed by atoms with van der Waals surface area (Å²) in [6, 6.07) is 3.78. The average molecular weight is 190 g/mol. The van der Waals surface area contributed by atoms with Gasteiger partial charge in [-0.05, 0) is 12.1 Å². The summed E-state index contributed by atoms with van der Waals surface area (Å²) in [4.78, 5) is 0. The fourth-order valence-electron chi connectivity index (χ4n) is 0.665. The highest BCUT2D eigenvalue weighted by molar-refractivity contribution is 7.67. The van der Waals surface area contributed by atoms with Crippen LogP contribution in [0, 0.1) is 0 Å². The minimum absolute atomic E-state index is 0.286. The van der Waals surface area contributed by atoms with Gasteiger partial charge in [-0.25, -0.2) is 0 Å². The van der Waals surface area contributed by atoms with Crippen LogP contribution in [-0.4, -0.2) is 18.6 Å². The lowest BCUT2D eigenvalue weighted by Crippen LogP contribution is -1.89. The maximum Gasteiger partial charge on any atom is 0.299 e. The molecule has 1 aromatic carbocycles. The van der Waals surface area contributed by atoms with Gasteiger partial charge in [0, 0.05) is 0 Å². The second-order valence-corrected chi connectivity index (χ2v) is 2.57. The zero-order valence-electron chi connectivity index (χ0n) is 5.80. The Balaban J connectivity index is 3.08. The summed E-state index contributed by atoms with van der Waals surface area (Å²) in [6.07, 6.45) is 0. The number of hydrogen-bond donors (Lipinski definition) is 3. The molecule has 1 rings (SSSR count). The van der Waals surface area contributed by atoms with Crippen molar-refractivity contribution in [2.75, 3.05) is 0 Å². The van der Waals surface area contributed by atoms with Gasteiger partial charge in [-0.2, -0.15) is 8.42 Å². The third kappa shape index (κ3) is 1.79. The lowest BCUT2D eigenvalue weighted by molar-refractivity contribution is 0.386. The minimum atomic E-state index is -3.08. The Kier molecular flexibility index (Phi) is 2.39. The van der Waals surface area contributed by atoms with E-state index in [0.717, 1.165) is 0 Å². The fourth-order valence-corrected chi connectivity index (χ4v) is 0.973. The number of phenols is 2. The molecule has 1 aromatic rings. The number of rotatable bonds is 2. The van der Waals surface area contributed by atoms with E-state index in [2.05, 4.69) is 4.18 Å². The van der Waals surface area contributed by atoms with Crippen molar-refractivity contribution in [1.82, 2.24) is 0 Å². The molecule has 0 unspecified atom stereocenters. The van der Waals surface area contributed by atoms with Gasteiger partial charge in [0.1, 0.15) is 0 Å². The summed E-state index contributed by atoms with van der Waals surface area (Å²) in [6.45, 7) is 0. The first-order valence-corrected chi connectivity index (χ1v) is 4.04. The van der Waals surface area contributed by atoms with E-state index in [1.165, 1.54) is 18.2 Å². The largest absolute Gasteiger partial charge is 0.504 e. The van der Waals surface area contributed by atoms with Crippen molar-refractivity contribution in [2.45, 2.75) is 0 Å². The molecule has 0 bridgehead atoms. The van der Waals surface area contributed by atoms with Gasteiger partial charge in [-0.1, -0.05) is 6.07 Å². The Hall–Kier alpha value is -1.43. The lowest BCUT2D eigenvalue weighted by atomic mass is 10.3. The maximum absolute atomic E-state index is 10.1. The van der Waals surface area contributed by atoms with Gasteiger partial charge in [0.25, 0.3) is 11.0 Å². The number of para-hydroxylation sites is 1. The smallest absolute Gasteiger partial charge is 0.299 e. The van der Waals surface area contributed by atoms with Crippen LogP contribution in [-0.2, 0) is 11.0 Å². The third-order valence-corrected chi connectivity index (χ3v) is 1.50. The second kappa shape index (κ2) is 3.31. The normalized spacial score (nSPS) is 10.1. The summed E-state index contributed by atoms with van der Waals surface area (Å²) in [7, 11) is -3.08. The summed E-state index contributed by atoms with van der Waals surface area (Å²) in [5, 5.41) is 17.9. The first-order chi connectivity index (χ1) is 5.61. The summed E-state index contributed by atoms with van der Waals surface area (Å²) in [5.74, 6) is -1.30. The van der Waals surface area contributed by atoms with E-state index in [4.69, 9.17) is 10.2 Å². The molecule has 0 aliphatic heterocycles. The first kappa shape index (κ1) is 8.66. The molecule has 0 aliphatic rings. The highest BCUT2D eigenvalue weighted by atomic mass is 32.2. The van der Waals surface area contributed by atoms with Crippen LogP contribution < -0.4 is 4.18 Å². The Morgan fingerprint density at radius 2 is 1.92 bits per heavy atom. The zero-order chi connectivity index (χ0) is 9.14. The van der Waals surface area contributed by atoms with Crippen molar-refractivity contribution in [1.29, 1.82) is 0 Å². The van der Waals surface area contributed by atoms with Gasteiger partial charge in [0.15, 0.2) is 11.5 Å². The van der Waals surface area contributed by atoms with Crippen molar-refractivity contribution < 1.29 is 22.8 Å². The van der Waals surface area contributed by atoms with E-state index in [9.17, 15) is 8.42 Å². The molecular weight excluding hydrogens is 184 g/mol. The Morgan fingerprint density at radius 3 is 2.50 bits per heavy atom. The van der Waals surface area contributed by atoms with Crippen LogP contribution in [0.3, 0.4) is 0 Å². The zero-order valence-corrected chi connectivity index (χ0v) is 6.69. The van der Waals surface area contributed by atoms with Gasteiger partial charge in [0.2, 0.25) is 5.75 Å². The maximum atomic E-state index is 10.1. The topological polar surface area (TPSA) is 83.8 Å². The number of benzene rings is 1. The van der Waals surface area contributed by atoms with E-state index in [-0.39, 0.29) is 5.75 Å². The van der Waals surface area contributed by atoms with Gasteiger partial charge in [0.05, 0.1) is 0 Å². The van der Waals surface area contributed by atoms with E-state index in [0.29, 0.717) is 0 Å². The Bertz CT molecular complexity index is 349. The standard InChI is InChI=1S/C6H6O5S/c7-4-2-1-3-5(6(4)8)11-12(9)10/h1-3,7-8,12H. The molecule has 0 fully saturated rings. The SMILES string of the molecule is O=[SH](=O)Oc1cccc(O)c1O. The first-order valence-electron chi connectivity index (χ1n) is 2.94. The molecule has 12 heavy (non-hydrogen) atoms. The molecule has 0 saturated heterocycles. The molecule has 0 heterocycles. The molecule has 2 N–H and O–H groups in total. The lowest BCUT2D eigenvalue weighted by Gasteiger charge is -2.01. The molecular formula is C6H6O5S. The van der Waals surface area contributed by atoms with E-state index in [1.54, 1.807) is 0 Å². The molecule has 5 nitrogen and oxygen atoms in total. The third-order valence-electron chi connectivity index (χ3n) is 1.15. The molecule has 0 amide bonds. The van der Waals surface area contributed by atoms with Crippen molar-refractivity contribution >= 4 is 11.0 Å². The molecule has 0 spiro atoms. The van der Waals surface area contributed by atoms with Crippen LogP contribution in [0.4, 0.5) is 0 Å². The predicted octanol–water partition coefficient (Wildman–Crippen LogP) is 0.00300. The molecule has 0 aromatic heterocycles.